The van der Waals surface area contributed by atoms with Crippen molar-refractivity contribution in [3.63, 3.8) is 0 Å². The van der Waals surface area contributed by atoms with E-state index in [1.807, 2.05) is 22.9 Å². The van der Waals surface area contributed by atoms with Crippen LogP contribution in [0.5, 0.6) is 0 Å². The Balaban J connectivity index is 1.06. The first-order valence-corrected chi connectivity index (χ1v) is 25.0. The number of aromatic nitrogens is 3. The van der Waals surface area contributed by atoms with Crippen LogP contribution in [-0.4, -0.2) is 101 Å². The third kappa shape index (κ3) is 7.01. The maximum Gasteiger partial charge on any atom is 0.410 e. The largest absolute Gasteiger partial charge is 0.448 e. The summed E-state index contributed by atoms with van der Waals surface area (Å²) in [7, 11) is -0.143. The summed E-state index contributed by atoms with van der Waals surface area (Å²) >= 11 is 0. The van der Waals surface area contributed by atoms with Crippen LogP contribution in [-0.2, 0) is 25.5 Å². The normalized spacial score (nSPS) is 36.0. The van der Waals surface area contributed by atoms with Crippen molar-refractivity contribution in [2.24, 2.45) is 17.8 Å². The van der Waals surface area contributed by atoms with Crippen molar-refractivity contribution in [1.29, 1.82) is 0 Å². The van der Waals surface area contributed by atoms with Crippen LogP contribution < -0.4 is 0 Å². The number of aryl methyl sites for hydroxylation is 1. The fourth-order valence-corrected chi connectivity index (χ4v) is 17.8. The molecule has 0 bridgehead atoms. The monoisotopic (exact) mass is 765 g/mol. The number of aliphatic hydroxyl groups is 1. The zero-order chi connectivity index (χ0) is 37.6. The molecular weight excluding hydrogens is 699 g/mol. The molecule has 7 atom stereocenters. The van der Waals surface area contributed by atoms with E-state index in [0.717, 1.165) is 90.0 Å². The number of hydrogen-bond donors (Lipinski definition) is 1. The second-order valence-corrected chi connectivity index (χ2v) is 23.9. The maximum atomic E-state index is 15.4. The summed E-state index contributed by atoms with van der Waals surface area (Å²) in [6, 6.07) is 0.196. The molecule has 3 saturated carbocycles. The molecule has 300 valence electrons. The predicted octanol–water partition coefficient (Wildman–Crippen LogP) is 7.77. The van der Waals surface area contributed by atoms with Gasteiger partial charge in [-0.3, -0.25) is 9.48 Å². The molecule has 3 aliphatic heterocycles. The number of aliphatic hydroxyl groups excluding tert-OH is 1. The number of cyclic esters (lactones) is 1. The zero-order valence-electron chi connectivity index (χ0n) is 33.6. The Hall–Kier alpha value is -2.28. The first kappa shape index (κ1) is 38.6. The van der Waals surface area contributed by atoms with Gasteiger partial charge in [-0.15, -0.1) is 5.10 Å². The fraction of sp³-hybridized carbons (Fsp3) is 0.857. The van der Waals surface area contributed by atoms with E-state index in [1.165, 1.54) is 43.4 Å². The second kappa shape index (κ2) is 15.9. The molecule has 11 nitrogen and oxygen atoms in total. The zero-order valence-corrected chi connectivity index (χ0v) is 34.6. The molecule has 54 heavy (non-hydrogen) atoms. The van der Waals surface area contributed by atoms with Crippen LogP contribution in [0.4, 0.5) is 4.79 Å². The lowest BCUT2D eigenvalue weighted by atomic mass is 9.78. The van der Waals surface area contributed by atoms with E-state index >= 15 is 4.79 Å². The Bertz CT molecular complexity index is 1540. The van der Waals surface area contributed by atoms with Gasteiger partial charge in [-0.1, -0.05) is 63.8 Å². The van der Waals surface area contributed by atoms with Gasteiger partial charge in [0.15, 0.2) is 5.60 Å². The van der Waals surface area contributed by atoms with Crippen LogP contribution in [0.15, 0.2) is 17.5 Å². The molecule has 8 rings (SSSR count). The van der Waals surface area contributed by atoms with Gasteiger partial charge in [0.2, 0.25) is 0 Å². The molecule has 5 fully saturated rings. The van der Waals surface area contributed by atoms with Gasteiger partial charge in [-0.25, -0.2) is 4.79 Å². The average molecular weight is 766 g/mol. The number of allylic oxidation sites excluding steroid dienone is 1. The van der Waals surface area contributed by atoms with Crippen molar-refractivity contribution < 1.29 is 28.9 Å². The highest BCUT2D eigenvalue weighted by molar-refractivity contribution is 6.80. The highest BCUT2D eigenvalue weighted by atomic mass is 28.3. The highest BCUT2D eigenvalue weighted by Gasteiger charge is 2.67. The van der Waals surface area contributed by atoms with Crippen LogP contribution in [0.1, 0.15) is 134 Å². The van der Waals surface area contributed by atoms with Crippen molar-refractivity contribution in [2.75, 3.05) is 26.8 Å². The summed E-state index contributed by atoms with van der Waals surface area (Å²) in [5.74, 6) is 0.881. The summed E-state index contributed by atoms with van der Waals surface area (Å²) in [5.41, 5.74) is 3.28. The maximum absolute atomic E-state index is 15.4. The minimum atomic E-state index is -1.99. The van der Waals surface area contributed by atoms with E-state index in [2.05, 4.69) is 35.2 Å². The molecule has 1 N–H and O–H groups in total. The van der Waals surface area contributed by atoms with Crippen molar-refractivity contribution >= 4 is 20.1 Å². The van der Waals surface area contributed by atoms with E-state index in [4.69, 9.17) is 14.2 Å². The summed E-state index contributed by atoms with van der Waals surface area (Å²) in [6.07, 6.45) is 20.8. The topological polar surface area (TPSA) is 119 Å². The van der Waals surface area contributed by atoms with Crippen molar-refractivity contribution in [2.45, 2.75) is 183 Å². The molecule has 1 aromatic heterocycles. The number of rotatable bonds is 11. The van der Waals surface area contributed by atoms with Gasteiger partial charge in [0, 0.05) is 37.9 Å². The van der Waals surface area contributed by atoms with E-state index in [0.29, 0.717) is 48.5 Å². The van der Waals surface area contributed by atoms with Crippen LogP contribution in [0.3, 0.4) is 0 Å². The molecule has 0 radical (unpaired) electrons. The number of methoxy groups -OCH3 is 1. The molecular formula is C42H67N5O6Si. The van der Waals surface area contributed by atoms with Crippen molar-refractivity contribution in [1.82, 2.24) is 24.8 Å². The Morgan fingerprint density at radius 2 is 1.78 bits per heavy atom. The number of ether oxygens (including phenoxy) is 3. The lowest BCUT2D eigenvalue weighted by Crippen LogP contribution is -2.51. The number of nitrogens with zero attached hydrogens (tertiary/aromatic N) is 5. The Morgan fingerprint density at radius 3 is 2.52 bits per heavy atom. The van der Waals surface area contributed by atoms with Gasteiger partial charge in [-0.05, 0) is 106 Å². The van der Waals surface area contributed by atoms with Crippen molar-refractivity contribution in [3.8, 4) is 0 Å². The molecule has 4 heterocycles. The third-order valence-corrected chi connectivity index (χ3v) is 20.9. The molecule has 1 aromatic rings. The molecule has 1 spiro atoms. The van der Waals surface area contributed by atoms with Crippen LogP contribution >= 0.6 is 0 Å². The molecule has 12 heteroatoms. The van der Waals surface area contributed by atoms with E-state index in [9.17, 15) is 9.90 Å². The van der Waals surface area contributed by atoms with Gasteiger partial charge in [0.25, 0.3) is 5.91 Å². The minimum absolute atomic E-state index is 0.0578. The summed E-state index contributed by atoms with van der Waals surface area (Å²) in [6.45, 7) is 10.1. The minimum Gasteiger partial charge on any atom is -0.448 e. The third-order valence-electron chi connectivity index (χ3n) is 15.6. The molecule has 0 aromatic carbocycles. The van der Waals surface area contributed by atoms with Gasteiger partial charge >= 0.3 is 6.09 Å². The molecule has 2 saturated heterocycles. The fourth-order valence-electron chi connectivity index (χ4n) is 12.7. The number of carbonyl (C=O) groups excluding carboxylic acids is 2. The Kier molecular flexibility index (Phi) is 11.4. The summed E-state index contributed by atoms with van der Waals surface area (Å²) in [5, 5.41) is 20.2. The van der Waals surface area contributed by atoms with E-state index in [1.54, 1.807) is 0 Å². The van der Waals surface area contributed by atoms with Crippen molar-refractivity contribution in [3.05, 3.63) is 23.2 Å². The summed E-state index contributed by atoms with van der Waals surface area (Å²) < 4.78 is 20.6. The van der Waals surface area contributed by atoms with Gasteiger partial charge in [-0.2, -0.15) is 0 Å². The van der Waals surface area contributed by atoms with Gasteiger partial charge in [0.05, 0.1) is 33.0 Å². The molecule has 2 amide bonds. The standard InChI is InChI=1S/C42H67N5O6Si/c1-28-39(54(3,4)33-19-17-32(51-2)18-20-33)37(21-22-45-27-35(43-44-45)38(48)30-12-6-5-7-13-30)53-42(28)34-15-8-9-16-36(34)47(40(42)49)26-29-11-10-14-31(25-29)46-23-24-52-41(46)50/h27-33,37-39,48H,5-26H2,1-4H3/t28-,29?,31?,32?,33?,37+,38+,39-,42+/m0/s1. The molecule has 7 aliphatic rings. The quantitative estimate of drug-likeness (QED) is 0.227. The SMILES string of the molecule is COC1CCC([Si](C)(C)[C@@H]2[C@@H](CCn3cc([C@H](O)C4CCCCC4)nn3)O[C@]3(C(=O)N(CC4CCCC(N5CCOC5=O)C4)C4=C3CCCC4)[C@H]2C)CC1. The van der Waals surface area contributed by atoms with Crippen LogP contribution in [0.2, 0.25) is 24.2 Å². The second-order valence-electron chi connectivity index (χ2n) is 18.8. The lowest BCUT2D eigenvalue weighted by Gasteiger charge is -2.45. The molecule has 2 unspecified atom stereocenters. The summed E-state index contributed by atoms with van der Waals surface area (Å²) in [4.78, 5) is 32.0. The number of amides is 2. The Labute approximate surface area is 323 Å². The number of fused-ring (bicyclic) bond motifs is 1. The Morgan fingerprint density at radius 1 is 1.00 bits per heavy atom. The number of hydrogen-bond acceptors (Lipinski definition) is 8. The van der Waals surface area contributed by atoms with Crippen LogP contribution in [0, 0.1) is 17.8 Å². The number of carbonyl (C=O) groups is 2. The predicted molar refractivity (Wildman–Crippen MR) is 208 cm³/mol. The van der Waals surface area contributed by atoms with E-state index < -0.39 is 19.8 Å². The molecule has 4 aliphatic carbocycles. The smallest absolute Gasteiger partial charge is 0.410 e. The van der Waals surface area contributed by atoms with Gasteiger partial charge < -0.3 is 29.1 Å². The first-order valence-electron chi connectivity index (χ1n) is 21.9. The lowest BCUT2D eigenvalue weighted by molar-refractivity contribution is -0.150. The van der Waals surface area contributed by atoms with Gasteiger partial charge in [0.1, 0.15) is 18.4 Å². The first-order chi connectivity index (χ1) is 26.1. The van der Waals surface area contributed by atoms with E-state index in [-0.39, 0.29) is 36.0 Å². The average Bonchev–Trinajstić information content (AvgIpc) is 3.97. The van der Waals surface area contributed by atoms with Crippen LogP contribution in [0.25, 0.3) is 0 Å². The highest BCUT2D eigenvalue weighted by Crippen LogP contribution is 2.61.